The first-order chi connectivity index (χ1) is 8.16. The highest BCUT2D eigenvalue weighted by Gasteiger charge is 2.27. The summed E-state index contributed by atoms with van der Waals surface area (Å²) in [6, 6.07) is 0. The molecule has 0 bridgehead atoms. The van der Waals surface area contributed by atoms with Gasteiger partial charge in [0.15, 0.2) is 0 Å². The summed E-state index contributed by atoms with van der Waals surface area (Å²) in [5, 5.41) is 9.51. The molecule has 1 N–H and O–H groups in total. The van der Waals surface area contributed by atoms with Crippen LogP contribution in [0.15, 0.2) is 0 Å². The summed E-state index contributed by atoms with van der Waals surface area (Å²) in [6.07, 6.45) is 4.41. The maximum absolute atomic E-state index is 12.0. The molecule has 2 aliphatic rings. The first-order valence-corrected chi connectivity index (χ1v) is 6.74. The minimum atomic E-state index is -0.245. The Balaban J connectivity index is 1.74. The van der Waals surface area contributed by atoms with Crippen molar-refractivity contribution < 1.29 is 14.6 Å². The molecule has 2 unspecified atom stereocenters. The second-order valence-corrected chi connectivity index (χ2v) is 5.30. The van der Waals surface area contributed by atoms with E-state index in [4.69, 9.17) is 4.74 Å². The minimum absolute atomic E-state index is 0.150. The van der Waals surface area contributed by atoms with E-state index in [2.05, 4.69) is 0 Å². The van der Waals surface area contributed by atoms with Gasteiger partial charge >= 0.3 is 0 Å². The lowest BCUT2D eigenvalue weighted by Crippen LogP contribution is -2.41. The van der Waals surface area contributed by atoms with E-state index in [0.29, 0.717) is 12.3 Å². The number of piperidine rings is 1. The topological polar surface area (TPSA) is 49.8 Å². The molecule has 17 heavy (non-hydrogen) atoms. The van der Waals surface area contributed by atoms with Crippen LogP contribution in [0.2, 0.25) is 0 Å². The first-order valence-electron chi connectivity index (χ1n) is 6.74. The quantitative estimate of drug-likeness (QED) is 0.807. The van der Waals surface area contributed by atoms with Crippen LogP contribution in [-0.4, -0.2) is 47.8 Å². The zero-order valence-electron chi connectivity index (χ0n) is 10.6. The van der Waals surface area contributed by atoms with Crippen LogP contribution >= 0.6 is 0 Å². The van der Waals surface area contributed by atoms with E-state index in [1.165, 1.54) is 0 Å². The van der Waals surface area contributed by atoms with Gasteiger partial charge in [0.25, 0.3) is 0 Å². The number of likely N-dealkylation sites (tertiary alicyclic amines) is 1. The zero-order valence-corrected chi connectivity index (χ0v) is 10.6. The highest BCUT2D eigenvalue weighted by molar-refractivity contribution is 5.76. The van der Waals surface area contributed by atoms with E-state index in [0.717, 1.165) is 45.4 Å². The summed E-state index contributed by atoms with van der Waals surface area (Å²) < 4.78 is 5.49. The van der Waals surface area contributed by atoms with Gasteiger partial charge in [-0.1, -0.05) is 0 Å². The lowest BCUT2D eigenvalue weighted by Gasteiger charge is -2.33. The predicted octanol–water partition coefficient (Wildman–Crippen LogP) is 1.17. The molecule has 0 aromatic rings. The number of hydrogen-bond donors (Lipinski definition) is 1. The highest BCUT2D eigenvalue weighted by Crippen LogP contribution is 2.22. The molecule has 98 valence electrons. The Labute approximate surface area is 103 Å². The van der Waals surface area contributed by atoms with Crippen molar-refractivity contribution >= 4 is 5.91 Å². The van der Waals surface area contributed by atoms with Gasteiger partial charge in [-0.05, 0) is 38.5 Å². The summed E-state index contributed by atoms with van der Waals surface area (Å²) in [4.78, 5) is 13.9. The van der Waals surface area contributed by atoms with Crippen LogP contribution in [0.5, 0.6) is 0 Å². The summed E-state index contributed by atoms with van der Waals surface area (Å²) in [6.45, 7) is 4.23. The molecule has 0 spiro atoms. The molecule has 4 nitrogen and oxygen atoms in total. The standard InChI is InChI=1S/C13H23NO3/c1-10(15)11-4-6-14(7-5-11)13(16)9-12-3-2-8-17-12/h10-12,15H,2-9H2,1H3. The molecule has 0 saturated carbocycles. The van der Waals surface area contributed by atoms with E-state index in [-0.39, 0.29) is 18.1 Å². The number of carbonyl (C=O) groups is 1. The summed E-state index contributed by atoms with van der Waals surface area (Å²) in [7, 11) is 0. The fraction of sp³-hybridized carbons (Fsp3) is 0.923. The van der Waals surface area contributed by atoms with Crippen molar-refractivity contribution in [2.24, 2.45) is 5.92 Å². The van der Waals surface area contributed by atoms with E-state index < -0.39 is 0 Å². The van der Waals surface area contributed by atoms with Crippen molar-refractivity contribution in [3.63, 3.8) is 0 Å². The van der Waals surface area contributed by atoms with Crippen LogP contribution in [0.4, 0.5) is 0 Å². The molecule has 4 heteroatoms. The average Bonchev–Trinajstić information content (AvgIpc) is 2.82. The van der Waals surface area contributed by atoms with Gasteiger partial charge in [0.2, 0.25) is 5.91 Å². The molecule has 2 atom stereocenters. The van der Waals surface area contributed by atoms with Gasteiger partial charge in [-0.15, -0.1) is 0 Å². The predicted molar refractivity (Wildman–Crippen MR) is 64.6 cm³/mol. The molecule has 2 aliphatic heterocycles. The summed E-state index contributed by atoms with van der Waals surface area (Å²) in [5.74, 6) is 0.586. The Bertz CT molecular complexity index is 253. The molecule has 0 aliphatic carbocycles. The van der Waals surface area contributed by atoms with Gasteiger partial charge in [0.1, 0.15) is 0 Å². The van der Waals surface area contributed by atoms with Crippen molar-refractivity contribution in [1.29, 1.82) is 0 Å². The van der Waals surface area contributed by atoms with Gasteiger partial charge in [-0.2, -0.15) is 0 Å². The van der Waals surface area contributed by atoms with Crippen molar-refractivity contribution in [2.45, 2.75) is 51.2 Å². The molecule has 0 aromatic carbocycles. The Hall–Kier alpha value is -0.610. The Morgan fingerprint density at radius 1 is 1.41 bits per heavy atom. The number of rotatable bonds is 3. The number of aliphatic hydroxyl groups is 1. The third-order valence-corrected chi connectivity index (χ3v) is 4.00. The van der Waals surface area contributed by atoms with Crippen molar-refractivity contribution in [1.82, 2.24) is 4.90 Å². The minimum Gasteiger partial charge on any atom is -0.393 e. The highest BCUT2D eigenvalue weighted by atomic mass is 16.5. The number of aliphatic hydroxyl groups excluding tert-OH is 1. The van der Waals surface area contributed by atoms with E-state index in [9.17, 15) is 9.90 Å². The Morgan fingerprint density at radius 2 is 2.12 bits per heavy atom. The molecule has 1 amide bonds. The summed E-state index contributed by atoms with van der Waals surface area (Å²) in [5.41, 5.74) is 0. The third-order valence-electron chi connectivity index (χ3n) is 4.00. The summed E-state index contributed by atoms with van der Waals surface area (Å²) >= 11 is 0. The maximum Gasteiger partial charge on any atom is 0.225 e. The van der Waals surface area contributed by atoms with E-state index in [1.807, 2.05) is 11.8 Å². The maximum atomic E-state index is 12.0. The van der Waals surface area contributed by atoms with Gasteiger partial charge in [-0.3, -0.25) is 4.79 Å². The second kappa shape index (κ2) is 5.83. The smallest absolute Gasteiger partial charge is 0.225 e. The number of nitrogens with zero attached hydrogens (tertiary/aromatic N) is 1. The zero-order chi connectivity index (χ0) is 12.3. The Kier molecular flexibility index (Phi) is 4.40. The molecular formula is C13H23NO3. The van der Waals surface area contributed by atoms with Crippen LogP contribution in [0.25, 0.3) is 0 Å². The number of ether oxygens (including phenoxy) is 1. The molecule has 2 rings (SSSR count). The lowest BCUT2D eigenvalue weighted by molar-refractivity contribution is -0.135. The van der Waals surface area contributed by atoms with Crippen molar-refractivity contribution in [3.05, 3.63) is 0 Å². The molecule has 0 aromatic heterocycles. The van der Waals surface area contributed by atoms with Crippen LogP contribution < -0.4 is 0 Å². The second-order valence-electron chi connectivity index (χ2n) is 5.30. The van der Waals surface area contributed by atoms with E-state index in [1.54, 1.807) is 0 Å². The number of hydrogen-bond acceptors (Lipinski definition) is 3. The van der Waals surface area contributed by atoms with Gasteiger partial charge in [0, 0.05) is 19.7 Å². The third kappa shape index (κ3) is 3.42. The van der Waals surface area contributed by atoms with Crippen molar-refractivity contribution in [3.8, 4) is 0 Å². The van der Waals surface area contributed by atoms with Crippen LogP contribution in [0, 0.1) is 5.92 Å². The van der Waals surface area contributed by atoms with Gasteiger partial charge < -0.3 is 14.7 Å². The van der Waals surface area contributed by atoms with Crippen LogP contribution in [0.1, 0.15) is 39.0 Å². The largest absolute Gasteiger partial charge is 0.393 e. The number of carbonyl (C=O) groups excluding carboxylic acids is 1. The molecule has 2 saturated heterocycles. The lowest BCUT2D eigenvalue weighted by atomic mass is 9.92. The monoisotopic (exact) mass is 241 g/mol. The van der Waals surface area contributed by atoms with Gasteiger partial charge in [0.05, 0.1) is 18.6 Å². The Morgan fingerprint density at radius 3 is 2.65 bits per heavy atom. The van der Waals surface area contributed by atoms with Gasteiger partial charge in [-0.25, -0.2) is 0 Å². The number of amides is 1. The molecular weight excluding hydrogens is 218 g/mol. The van der Waals surface area contributed by atoms with Crippen LogP contribution in [-0.2, 0) is 9.53 Å². The average molecular weight is 241 g/mol. The molecule has 2 heterocycles. The van der Waals surface area contributed by atoms with E-state index >= 15 is 0 Å². The SMILES string of the molecule is CC(O)C1CCN(C(=O)CC2CCCO2)CC1. The fourth-order valence-electron chi connectivity index (χ4n) is 2.76. The first kappa shape index (κ1) is 12.8. The molecule has 0 radical (unpaired) electrons. The van der Waals surface area contributed by atoms with Crippen LogP contribution in [0.3, 0.4) is 0 Å². The molecule has 2 fully saturated rings. The fourth-order valence-corrected chi connectivity index (χ4v) is 2.76. The normalized spacial score (nSPS) is 28.4. The van der Waals surface area contributed by atoms with Crippen molar-refractivity contribution in [2.75, 3.05) is 19.7 Å².